The Morgan fingerprint density at radius 3 is 2.47 bits per heavy atom. The molecule has 84 valence electrons. The van der Waals surface area contributed by atoms with E-state index in [0.717, 1.165) is 38.5 Å². The predicted octanol–water partition coefficient (Wildman–Crippen LogP) is 2.87. The number of rotatable bonds is 3. The summed E-state index contributed by atoms with van der Waals surface area (Å²) in [5, 5.41) is 20.3. The number of hydrogen-bond donors (Lipinski definition) is 1. The van der Waals surface area contributed by atoms with Gasteiger partial charge in [-0.2, -0.15) is 5.26 Å². The minimum Gasteiger partial charge on any atom is -0.388 e. The van der Waals surface area contributed by atoms with Crippen molar-refractivity contribution in [1.82, 2.24) is 0 Å². The summed E-state index contributed by atoms with van der Waals surface area (Å²) in [7, 11) is 0. The van der Waals surface area contributed by atoms with Gasteiger partial charge in [0.15, 0.2) is 0 Å². The molecule has 1 N–H and O–H groups in total. The van der Waals surface area contributed by atoms with Crippen molar-refractivity contribution in [3.8, 4) is 6.07 Å². The molecule has 3 unspecified atom stereocenters. The maximum absolute atomic E-state index is 10.8. The SMILES string of the molecule is CCC(O)(C1CC1)C1(C#N)CCC(C)C1. The third kappa shape index (κ3) is 1.49. The monoisotopic (exact) mass is 207 g/mol. The van der Waals surface area contributed by atoms with Crippen LogP contribution in [0.5, 0.6) is 0 Å². The molecule has 0 aromatic carbocycles. The highest BCUT2D eigenvalue weighted by atomic mass is 16.3. The van der Waals surface area contributed by atoms with Crippen molar-refractivity contribution in [2.45, 2.75) is 58.0 Å². The van der Waals surface area contributed by atoms with E-state index in [-0.39, 0.29) is 0 Å². The first-order chi connectivity index (χ1) is 7.08. The molecule has 0 bridgehead atoms. The molecule has 0 aromatic heterocycles. The molecule has 0 radical (unpaired) electrons. The molecule has 0 heterocycles. The molecule has 2 nitrogen and oxygen atoms in total. The van der Waals surface area contributed by atoms with Gasteiger partial charge in [0.1, 0.15) is 0 Å². The van der Waals surface area contributed by atoms with Crippen molar-refractivity contribution in [3.63, 3.8) is 0 Å². The molecule has 2 rings (SSSR count). The number of hydrogen-bond acceptors (Lipinski definition) is 2. The van der Waals surface area contributed by atoms with E-state index < -0.39 is 11.0 Å². The maximum atomic E-state index is 10.8. The van der Waals surface area contributed by atoms with Gasteiger partial charge in [0.2, 0.25) is 0 Å². The van der Waals surface area contributed by atoms with Crippen LogP contribution in [0.2, 0.25) is 0 Å². The molecule has 0 aromatic rings. The van der Waals surface area contributed by atoms with Crippen molar-refractivity contribution in [2.75, 3.05) is 0 Å². The van der Waals surface area contributed by atoms with E-state index in [0.29, 0.717) is 11.8 Å². The molecule has 2 aliphatic rings. The van der Waals surface area contributed by atoms with Gasteiger partial charge >= 0.3 is 0 Å². The Morgan fingerprint density at radius 2 is 2.13 bits per heavy atom. The Labute approximate surface area is 92.3 Å². The predicted molar refractivity (Wildman–Crippen MR) is 59.0 cm³/mol. The highest BCUT2D eigenvalue weighted by Gasteiger charge is 2.59. The van der Waals surface area contributed by atoms with Crippen LogP contribution in [-0.2, 0) is 0 Å². The van der Waals surface area contributed by atoms with Crippen LogP contribution in [0.1, 0.15) is 52.4 Å². The number of nitriles is 1. The Bertz CT molecular complexity index is 291. The first kappa shape index (κ1) is 11.0. The van der Waals surface area contributed by atoms with Gasteiger partial charge in [0.05, 0.1) is 17.1 Å². The minimum absolute atomic E-state index is 0.396. The molecular formula is C13H21NO. The third-order valence-corrected chi connectivity index (χ3v) is 4.60. The van der Waals surface area contributed by atoms with Crippen molar-refractivity contribution in [2.24, 2.45) is 17.3 Å². The van der Waals surface area contributed by atoms with E-state index in [2.05, 4.69) is 13.0 Å². The molecule has 2 heteroatoms. The van der Waals surface area contributed by atoms with Crippen LogP contribution >= 0.6 is 0 Å². The van der Waals surface area contributed by atoms with Gasteiger partial charge in [-0.1, -0.05) is 13.8 Å². The Hall–Kier alpha value is -0.550. The fourth-order valence-electron chi connectivity index (χ4n) is 3.46. The maximum Gasteiger partial charge on any atom is 0.0865 e. The topological polar surface area (TPSA) is 44.0 Å². The van der Waals surface area contributed by atoms with Crippen molar-refractivity contribution in [3.05, 3.63) is 0 Å². The van der Waals surface area contributed by atoms with E-state index in [1.807, 2.05) is 6.92 Å². The standard InChI is InChI=1S/C13H21NO/c1-3-13(15,11-4-5-11)12(9-14)7-6-10(2)8-12/h10-11,15H,3-8H2,1-2H3. The average Bonchev–Trinajstić information content (AvgIpc) is 3.02. The lowest BCUT2D eigenvalue weighted by Gasteiger charge is -2.40. The van der Waals surface area contributed by atoms with E-state index in [1.54, 1.807) is 0 Å². The lowest BCUT2D eigenvalue weighted by molar-refractivity contribution is -0.0764. The smallest absolute Gasteiger partial charge is 0.0865 e. The van der Waals surface area contributed by atoms with E-state index in [9.17, 15) is 10.4 Å². The van der Waals surface area contributed by atoms with Gasteiger partial charge in [-0.05, 0) is 50.4 Å². The second-order valence-corrected chi connectivity index (χ2v) is 5.59. The molecule has 15 heavy (non-hydrogen) atoms. The van der Waals surface area contributed by atoms with Crippen LogP contribution < -0.4 is 0 Å². The van der Waals surface area contributed by atoms with Gasteiger partial charge in [-0.15, -0.1) is 0 Å². The Morgan fingerprint density at radius 1 is 1.47 bits per heavy atom. The second kappa shape index (κ2) is 3.49. The lowest BCUT2D eigenvalue weighted by Crippen LogP contribution is -2.47. The zero-order valence-electron chi connectivity index (χ0n) is 9.79. The highest BCUT2D eigenvalue weighted by molar-refractivity contribution is 5.18. The summed E-state index contributed by atoms with van der Waals surface area (Å²) in [6.07, 6.45) is 5.85. The summed E-state index contributed by atoms with van der Waals surface area (Å²) in [5.41, 5.74) is -1.14. The molecule has 0 amide bonds. The third-order valence-electron chi connectivity index (χ3n) is 4.60. The van der Waals surface area contributed by atoms with Crippen LogP contribution in [-0.4, -0.2) is 10.7 Å². The van der Waals surface area contributed by atoms with Gasteiger partial charge in [-0.25, -0.2) is 0 Å². The first-order valence-corrected chi connectivity index (χ1v) is 6.21. The quantitative estimate of drug-likeness (QED) is 0.773. The zero-order chi connectivity index (χ0) is 11.1. The van der Waals surface area contributed by atoms with Crippen LogP contribution in [0.3, 0.4) is 0 Å². The molecule has 2 fully saturated rings. The zero-order valence-corrected chi connectivity index (χ0v) is 9.79. The normalized spacial score (nSPS) is 39.7. The largest absolute Gasteiger partial charge is 0.388 e. The second-order valence-electron chi connectivity index (χ2n) is 5.59. The van der Waals surface area contributed by atoms with Crippen molar-refractivity contribution in [1.29, 1.82) is 5.26 Å². The molecule has 2 saturated carbocycles. The van der Waals surface area contributed by atoms with Crippen LogP contribution in [0, 0.1) is 28.6 Å². The van der Waals surface area contributed by atoms with Crippen molar-refractivity contribution >= 4 is 0 Å². The van der Waals surface area contributed by atoms with E-state index in [1.165, 1.54) is 0 Å². The van der Waals surface area contributed by atoms with Gasteiger partial charge in [0.25, 0.3) is 0 Å². The van der Waals surface area contributed by atoms with Crippen LogP contribution in [0.4, 0.5) is 0 Å². The minimum atomic E-state index is -0.702. The van der Waals surface area contributed by atoms with E-state index >= 15 is 0 Å². The summed E-state index contributed by atoms with van der Waals surface area (Å²) in [6.45, 7) is 4.22. The number of aliphatic hydroxyl groups is 1. The fraction of sp³-hybridized carbons (Fsp3) is 0.923. The lowest BCUT2D eigenvalue weighted by atomic mass is 9.67. The Kier molecular flexibility index (Phi) is 2.55. The summed E-state index contributed by atoms with van der Waals surface area (Å²) >= 11 is 0. The molecule has 3 atom stereocenters. The summed E-state index contributed by atoms with van der Waals surface area (Å²) < 4.78 is 0. The van der Waals surface area contributed by atoms with Crippen LogP contribution in [0.15, 0.2) is 0 Å². The Balaban J connectivity index is 2.28. The number of nitrogens with zero attached hydrogens (tertiary/aromatic N) is 1. The molecular weight excluding hydrogens is 186 g/mol. The summed E-state index contributed by atoms with van der Waals surface area (Å²) in [5.74, 6) is 0.994. The molecule has 0 aliphatic heterocycles. The molecule has 0 saturated heterocycles. The van der Waals surface area contributed by atoms with Crippen molar-refractivity contribution < 1.29 is 5.11 Å². The average molecular weight is 207 g/mol. The molecule has 0 spiro atoms. The van der Waals surface area contributed by atoms with Crippen LogP contribution in [0.25, 0.3) is 0 Å². The summed E-state index contributed by atoms with van der Waals surface area (Å²) in [4.78, 5) is 0. The molecule has 2 aliphatic carbocycles. The fourth-order valence-corrected chi connectivity index (χ4v) is 3.46. The highest BCUT2D eigenvalue weighted by Crippen LogP contribution is 2.58. The van der Waals surface area contributed by atoms with Gasteiger partial charge < -0.3 is 5.11 Å². The van der Waals surface area contributed by atoms with Gasteiger partial charge in [0, 0.05) is 0 Å². The van der Waals surface area contributed by atoms with E-state index in [4.69, 9.17) is 0 Å². The van der Waals surface area contributed by atoms with Gasteiger partial charge in [-0.3, -0.25) is 0 Å². The summed E-state index contributed by atoms with van der Waals surface area (Å²) in [6, 6.07) is 2.47. The first-order valence-electron chi connectivity index (χ1n) is 6.21.